The van der Waals surface area contributed by atoms with E-state index in [1.807, 2.05) is 13.8 Å². The van der Waals surface area contributed by atoms with E-state index in [-0.39, 0.29) is 11.5 Å². The number of H-pyrrole nitrogens is 1. The number of hydrogen-bond donors (Lipinski definition) is 1. The Morgan fingerprint density at radius 2 is 2.31 bits per heavy atom. The zero-order chi connectivity index (χ0) is 11.7. The summed E-state index contributed by atoms with van der Waals surface area (Å²) in [5, 5.41) is 0. The molecule has 1 saturated heterocycles. The molecule has 1 aliphatic rings. The predicted molar refractivity (Wildman–Crippen MR) is 63.8 cm³/mol. The Morgan fingerprint density at radius 1 is 1.56 bits per heavy atom. The van der Waals surface area contributed by atoms with Gasteiger partial charge in [0.2, 0.25) is 0 Å². The standard InChI is InChI=1S/C12H19N3O/c1-8(2)12-13-10(6-11(16)14-12)9-4-5-15(3)7-9/h6,8-9H,4-5,7H2,1-3H3,(H,13,14,16). The Bertz CT molecular complexity index is 425. The van der Waals surface area contributed by atoms with Crippen LogP contribution in [0.4, 0.5) is 0 Å². The van der Waals surface area contributed by atoms with E-state index in [0.717, 1.165) is 31.0 Å². The highest BCUT2D eigenvalue weighted by atomic mass is 16.1. The highest BCUT2D eigenvalue weighted by Crippen LogP contribution is 2.24. The van der Waals surface area contributed by atoms with Gasteiger partial charge in [0, 0.05) is 24.4 Å². The first-order chi connectivity index (χ1) is 7.56. The van der Waals surface area contributed by atoms with Crippen LogP contribution in [-0.4, -0.2) is 35.0 Å². The van der Waals surface area contributed by atoms with Gasteiger partial charge in [-0.15, -0.1) is 0 Å². The second kappa shape index (κ2) is 4.37. The van der Waals surface area contributed by atoms with Gasteiger partial charge in [-0.2, -0.15) is 0 Å². The number of aromatic amines is 1. The van der Waals surface area contributed by atoms with Gasteiger partial charge in [-0.25, -0.2) is 4.98 Å². The van der Waals surface area contributed by atoms with Gasteiger partial charge in [0.25, 0.3) is 5.56 Å². The molecule has 1 atom stereocenters. The van der Waals surface area contributed by atoms with Gasteiger partial charge in [0.15, 0.2) is 0 Å². The topological polar surface area (TPSA) is 49.0 Å². The van der Waals surface area contributed by atoms with Crippen LogP contribution in [0.1, 0.15) is 43.6 Å². The molecule has 4 nitrogen and oxygen atoms in total. The summed E-state index contributed by atoms with van der Waals surface area (Å²) >= 11 is 0. The molecule has 0 spiro atoms. The molecular formula is C12H19N3O. The first-order valence-electron chi connectivity index (χ1n) is 5.86. The van der Waals surface area contributed by atoms with Crippen molar-refractivity contribution >= 4 is 0 Å². The van der Waals surface area contributed by atoms with Crippen molar-refractivity contribution in [2.75, 3.05) is 20.1 Å². The van der Waals surface area contributed by atoms with E-state index in [1.165, 1.54) is 0 Å². The van der Waals surface area contributed by atoms with Crippen molar-refractivity contribution in [3.8, 4) is 0 Å². The van der Waals surface area contributed by atoms with Gasteiger partial charge < -0.3 is 9.88 Å². The molecule has 2 heterocycles. The van der Waals surface area contributed by atoms with Crippen LogP contribution in [0, 0.1) is 0 Å². The van der Waals surface area contributed by atoms with Crippen molar-refractivity contribution < 1.29 is 0 Å². The van der Waals surface area contributed by atoms with Crippen LogP contribution in [0.2, 0.25) is 0 Å². The monoisotopic (exact) mass is 221 g/mol. The Labute approximate surface area is 95.7 Å². The lowest BCUT2D eigenvalue weighted by Gasteiger charge is -2.12. The number of hydrogen-bond acceptors (Lipinski definition) is 3. The fourth-order valence-electron chi connectivity index (χ4n) is 2.15. The largest absolute Gasteiger partial charge is 0.310 e. The molecular weight excluding hydrogens is 202 g/mol. The molecule has 0 radical (unpaired) electrons. The summed E-state index contributed by atoms with van der Waals surface area (Å²) in [7, 11) is 2.11. The fourth-order valence-corrected chi connectivity index (χ4v) is 2.15. The molecule has 1 aromatic rings. The van der Waals surface area contributed by atoms with Crippen LogP contribution in [0.3, 0.4) is 0 Å². The van der Waals surface area contributed by atoms with Crippen LogP contribution < -0.4 is 5.56 Å². The molecule has 1 unspecified atom stereocenters. The Morgan fingerprint density at radius 3 is 2.88 bits per heavy atom. The maximum absolute atomic E-state index is 11.5. The second-order valence-corrected chi connectivity index (χ2v) is 4.96. The van der Waals surface area contributed by atoms with E-state index < -0.39 is 0 Å². The van der Waals surface area contributed by atoms with E-state index in [2.05, 4.69) is 21.9 Å². The SMILES string of the molecule is CC(C)c1nc(C2CCN(C)C2)cc(=O)[nH]1. The maximum Gasteiger partial charge on any atom is 0.251 e. The van der Waals surface area contributed by atoms with Crippen molar-refractivity contribution in [3.05, 3.63) is 27.9 Å². The average molecular weight is 221 g/mol. The van der Waals surface area contributed by atoms with Gasteiger partial charge in [0.1, 0.15) is 5.82 Å². The first-order valence-corrected chi connectivity index (χ1v) is 5.86. The third kappa shape index (κ3) is 2.32. The Hall–Kier alpha value is -1.16. The molecule has 0 amide bonds. The molecule has 16 heavy (non-hydrogen) atoms. The molecule has 88 valence electrons. The minimum Gasteiger partial charge on any atom is -0.310 e. The molecule has 1 aromatic heterocycles. The summed E-state index contributed by atoms with van der Waals surface area (Å²) in [5.74, 6) is 1.49. The summed E-state index contributed by atoms with van der Waals surface area (Å²) in [6.07, 6.45) is 1.10. The maximum atomic E-state index is 11.5. The lowest BCUT2D eigenvalue weighted by atomic mass is 10.0. The van der Waals surface area contributed by atoms with Gasteiger partial charge in [-0.1, -0.05) is 13.8 Å². The van der Waals surface area contributed by atoms with Crippen LogP contribution in [0.25, 0.3) is 0 Å². The third-order valence-electron chi connectivity index (χ3n) is 3.14. The van der Waals surface area contributed by atoms with E-state index in [1.54, 1.807) is 6.07 Å². The number of likely N-dealkylation sites (tertiary alicyclic amines) is 1. The van der Waals surface area contributed by atoms with E-state index in [9.17, 15) is 4.79 Å². The molecule has 0 aliphatic carbocycles. The molecule has 4 heteroatoms. The number of aromatic nitrogens is 2. The summed E-state index contributed by atoms with van der Waals surface area (Å²) in [6, 6.07) is 1.65. The molecule has 2 rings (SSSR count). The average Bonchev–Trinajstić information content (AvgIpc) is 2.64. The molecule has 1 fully saturated rings. The summed E-state index contributed by atoms with van der Waals surface area (Å²) in [6.45, 7) is 6.19. The van der Waals surface area contributed by atoms with E-state index in [4.69, 9.17) is 0 Å². The highest BCUT2D eigenvalue weighted by Gasteiger charge is 2.23. The molecule has 0 saturated carbocycles. The van der Waals surface area contributed by atoms with Crippen LogP contribution in [0.15, 0.2) is 10.9 Å². The zero-order valence-corrected chi connectivity index (χ0v) is 10.2. The van der Waals surface area contributed by atoms with Crippen molar-refractivity contribution in [2.45, 2.75) is 32.1 Å². The molecule has 0 aromatic carbocycles. The lowest BCUT2D eigenvalue weighted by Crippen LogP contribution is -2.18. The minimum absolute atomic E-state index is 0.0248. The van der Waals surface area contributed by atoms with Gasteiger partial charge in [-0.3, -0.25) is 4.79 Å². The highest BCUT2D eigenvalue weighted by molar-refractivity contribution is 5.12. The third-order valence-corrected chi connectivity index (χ3v) is 3.14. The van der Waals surface area contributed by atoms with Gasteiger partial charge in [0.05, 0.1) is 5.69 Å². The summed E-state index contributed by atoms with van der Waals surface area (Å²) in [4.78, 5) is 21.2. The van der Waals surface area contributed by atoms with Crippen LogP contribution in [-0.2, 0) is 0 Å². The van der Waals surface area contributed by atoms with Crippen LogP contribution >= 0.6 is 0 Å². The van der Waals surface area contributed by atoms with Gasteiger partial charge in [-0.05, 0) is 20.0 Å². The normalized spacial score (nSPS) is 21.9. The number of nitrogens with zero attached hydrogens (tertiary/aromatic N) is 2. The predicted octanol–water partition coefficient (Wildman–Crippen LogP) is 1.31. The first kappa shape index (κ1) is 11.3. The summed E-state index contributed by atoms with van der Waals surface area (Å²) in [5.41, 5.74) is 0.931. The Balaban J connectivity index is 2.30. The molecule has 1 aliphatic heterocycles. The number of rotatable bonds is 2. The number of nitrogens with one attached hydrogen (secondary N) is 1. The molecule has 1 N–H and O–H groups in total. The van der Waals surface area contributed by atoms with Gasteiger partial charge >= 0.3 is 0 Å². The van der Waals surface area contributed by atoms with Crippen molar-refractivity contribution in [1.29, 1.82) is 0 Å². The van der Waals surface area contributed by atoms with E-state index >= 15 is 0 Å². The van der Waals surface area contributed by atoms with E-state index in [0.29, 0.717) is 5.92 Å². The quantitative estimate of drug-likeness (QED) is 0.819. The lowest BCUT2D eigenvalue weighted by molar-refractivity contribution is 0.410. The molecule has 0 bridgehead atoms. The zero-order valence-electron chi connectivity index (χ0n) is 10.2. The smallest absolute Gasteiger partial charge is 0.251 e. The van der Waals surface area contributed by atoms with Crippen molar-refractivity contribution in [1.82, 2.24) is 14.9 Å². The fraction of sp³-hybridized carbons (Fsp3) is 0.667. The Kier molecular flexibility index (Phi) is 3.10. The minimum atomic E-state index is -0.0248. The summed E-state index contributed by atoms with van der Waals surface area (Å²) < 4.78 is 0. The van der Waals surface area contributed by atoms with Crippen molar-refractivity contribution in [2.24, 2.45) is 0 Å². The number of likely N-dealkylation sites (N-methyl/N-ethyl adjacent to an activating group) is 1. The van der Waals surface area contributed by atoms with Crippen molar-refractivity contribution in [3.63, 3.8) is 0 Å². The second-order valence-electron chi connectivity index (χ2n) is 4.96. The van der Waals surface area contributed by atoms with Crippen LogP contribution in [0.5, 0.6) is 0 Å².